The third-order valence-corrected chi connectivity index (χ3v) is 10.1. The molecule has 6 nitrogen and oxygen atoms in total. The van der Waals surface area contributed by atoms with Gasteiger partial charge in [-0.1, -0.05) is 40.5 Å². The van der Waals surface area contributed by atoms with Crippen molar-refractivity contribution in [1.82, 2.24) is 10.6 Å². The summed E-state index contributed by atoms with van der Waals surface area (Å²) < 4.78 is 27.4. The van der Waals surface area contributed by atoms with E-state index in [0.717, 1.165) is 25.7 Å². The molecule has 32 heavy (non-hydrogen) atoms. The Hall–Kier alpha value is -1.89. The van der Waals surface area contributed by atoms with E-state index in [-0.39, 0.29) is 38.5 Å². The summed E-state index contributed by atoms with van der Waals surface area (Å²) >= 11 is 0. The summed E-state index contributed by atoms with van der Waals surface area (Å²) in [7, 11) is -0.738. The number of carbonyl (C=O) groups is 2. The van der Waals surface area contributed by atoms with Gasteiger partial charge >= 0.3 is 0 Å². The van der Waals surface area contributed by atoms with E-state index in [9.17, 15) is 18.0 Å². The van der Waals surface area contributed by atoms with Gasteiger partial charge in [0.25, 0.3) is 11.8 Å². The van der Waals surface area contributed by atoms with E-state index in [1.54, 1.807) is 0 Å². The van der Waals surface area contributed by atoms with Crippen LogP contribution in [0.25, 0.3) is 0 Å². The quantitative estimate of drug-likeness (QED) is 0.690. The molecule has 0 saturated heterocycles. The van der Waals surface area contributed by atoms with Crippen molar-refractivity contribution in [2.75, 3.05) is 19.8 Å². The maximum absolute atomic E-state index is 13.7. The summed E-state index contributed by atoms with van der Waals surface area (Å²) in [6.07, 6.45) is 5.54. The van der Waals surface area contributed by atoms with Gasteiger partial charge in [-0.15, -0.1) is 0 Å². The van der Waals surface area contributed by atoms with Crippen LogP contribution in [0.1, 0.15) is 80.5 Å². The Labute approximate surface area is 192 Å². The largest absolute Gasteiger partial charge is 0.355 e. The standard InChI is InChI=1S/C25H38N2O4S/c1-16-8-9-21-24(2,3)10-7-11-25(21,4)20(16)15-32(30,31)19-13-17(22(28)26-5)12-18(14-19)23(29)27-6/h12-14,16,20-21H,7-11,15H2,1-6H3,(H,26,28)(H,27,29). The first kappa shape index (κ1) is 24.7. The van der Waals surface area contributed by atoms with Crippen molar-refractivity contribution in [3.8, 4) is 0 Å². The highest BCUT2D eigenvalue weighted by atomic mass is 32.2. The molecule has 2 saturated carbocycles. The number of fused-ring (bicyclic) bond motifs is 1. The summed E-state index contributed by atoms with van der Waals surface area (Å²) in [6.45, 7) is 9.14. The zero-order valence-corrected chi connectivity index (χ0v) is 21.1. The van der Waals surface area contributed by atoms with Crippen LogP contribution >= 0.6 is 0 Å². The van der Waals surface area contributed by atoms with Crippen molar-refractivity contribution in [2.24, 2.45) is 28.6 Å². The molecule has 7 heteroatoms. The highest BCUT2D eigenvalue weighted by Gasteiger charge is 2.54. The minimum Gasteiger partial charge on any atom is -0.355 e. The van der Waals surface area contributed by atoms with Crippen molar-refractivity contribution in [3.63, 3.8) is 0 Å². The molecule has 3 rings (SSSR count). The van der Waals surface area contributed by atoms with Gasteiger partial charge in [-0.3, -0.25) is 9.59 Å². The van der Waals surface area contributed by atoms with Gasteiger partial charge < -0.3 is 10.6 Å². The van der Waals surface area contributed by atoms with Gasteiger partial charge in [-0.25, -0.2) is 8.42 Å². The number of hydrogen-bond donors (Lipinski definition) is 2. The fourth-order valence-electron chi connectivity index (χ4n) is 6.63. The minimum atomic E-state index is -3.71. The third kappa shape index (κ3) is 4.45. The van der Waals surface area contributed by atoms with E-state index in [2.05, 4.69) is 38.3 Å². The number of sulfone groups is 1. The predicted molar refractivity (Wildman–Crippen MR) is 126 cm³/mol. The molecule has 2 amide bonds. The fourth-order valence-corrected chi connectivity index (χ4v) is 8.62. The van der Waals surface area contributed by atoms with Crippen LogP contribution in [0, 0.1) is 28.6 Å². The van der Waals surface area contributed by atoms with E-state index in [1.165, 1.54) is 38.7 Å². The summed E-state index contributed by atoms with van der Waals surface area (Å²) in [4.78, 5) is 24.6. The van der Waals surface area contributed by atoms with Crippen LogP contribution in [0.15, 0.2) is 23.1 Å². The van der Waals surface area contributed by atoms with Gasteiger partial charge in [-0.05, 0) is 66.0 Å². The van der Waals surface area contributed by atoms with Crippen LogP contribution < -0.4 is 10.6 Å². The van der Waals surface area contributed by atoms with Crippen molar-refractivity contribution in [2.45, 2.75) is 64.7 Å². The van der Waals surface area contributed by atoms with Gasteiger partial charge in [0.05, 0.1) is 10.6 Å². The summed E-state index contributed by atoms with van der Waals surface area (Å²) in [6, 6.07) is 4.23. The van der Waals surface area contributed by atoms with E-state index in [0.29, 0.717) is 11.8 Å². The lowest BCUT2D eigenvalue weighted by Gasteiger charge is -2.59. The predicted octanol–water partition coefficient (Wildman–Crippen LogP) is 4.06. The van der Waals surface area contributed by atoms with Gasteiger partial charge in [0.1, 0.15) is 0 Å². The van der Waals surface area contributed by atoms with Crippen LogP contribution in [-0.4, -0.2) is 40.1 Å². The second kappa shape index (κ2) is 8.81. The molecule has 2 fully saturated rings. The first-order chi connectivity index (χ1) is 14.9. The van der Waals surface area contributed by atoms with E-state index >= 15 is 0 Å². The minimum absolute atomic E-state index is 0.0332. The molecule has 0 aliphatic heterocycles. The summed E-state index contributed by atoms with van der Waals surface area (Å²) in [5.74, 6) is 0.0532. The first-order valence-corrected chi connectivity index (χ1v) is 13.3. The highest BCUT2D eigenvalue weighted by molar-refractivity contribution is 7.91. The van der Waals surface area contributed by atoms with Crippen molar-refractivity contribution >= 4 is 21.7 Å². The number of benzene rings is 1. The van der Waals surface area contributed by atoms with Crippen LogP contribution in [0.5, 0.6) is 0 Å². The number of hydrogen-bond acceptors (Lipinski definition) is 4. The molecule has 178 valence electrons. The lowest BCUT2D eigenvalue weighted by molar-refractivity contribution is -0.0855. The molecule has 2 aliphatic rings. The smallest absolute Gasteiger partial charge is 0.251 e. The van der Waals surface area contributed by atoms with E-state index in [1.807, 2.05) is 0 Å². The second-order valence-corrected chi connectivity index (χ2v) is 12.8. The maximum atomic E-state index is 13.7. The van der Waals surface area contributed by atoms with Gasteiger partial charge in [-0.2, -0.15) is 0 Å². The molecule has 1 aromatic rings. The molecule has 4 atom stereocenters. The zero-order valence-electron chi connectivity index (χ0n) is 20.2. The monoisotopic (exact) mass is 462 g/mol. The second-order valence-electron chi connectivity index (χ2n) is 10.7. The number of amides is 2. The Balaban J connectivity index is 2.02. The van der Waals surface area contributed by atoms with Gasteiger partial charge in [0, 0.05) is 25.2 Å². The SMILES string of the molecule is CNC(=O)c1cc(C(=O)NC)cc(S(=O)(=O)CC2C(C)CCC3C(C)(C)CCCC23C)c1. The Bertz CT molecular complexity index is 967. The highest BCUT2D eigenvalue weighted by Crippen LogP contribution is 2.61. The molecule has 0 spiro atoms. The average Bonchev–Trinajstić information content (AvgIpc) is 2.74. The van der Waals surface area contributed by atoms with Crippen molar-refractivity contribution < 1.29 is 18.0 Å². The molecule has 1 aromatic carbocycles. The molecule has 2 aliphatic carbocycles. The van der Waals surface area contributed by atoms with Crippen LogP contribution in [0.2, 0.25) is 0 Å². The van der Waals surface area contributed by atoms with Crippen molar-refractivity contribution in [3.05, 3.63) is 29.3 Å². The summed E-state index contributed by atoms with van der Waals surface area (Å²) in [5, 5.41) is 5.04. The fraction of sp³-hybridized carbons (Fsp3) is 0.680. The van der Waals surface area contributed by atoms with Crippen LogP contribution in [-0.2, 0) is 9.84 Å². The number of rotatable bonds is 5. The molecule has 4 unspecified atom stereocenters. The number of nitrogens with one attached hydrogen (secondary N) is 2. The Morgan fingerprint density at radius 3 is 2.06 bits per heavy atom. The average molecular weight is 463 g/mol. The summed E-state index contributed by atoms with van der Waals surface area (Å²) in [5.41, 5.74) is 0.522. The van der Waals surface area contributed by atoms with Crippen LogP contribution in [0.4, 0.5) is 0 Å². The first-order valence-electron chi connectivity index (χ1n) is 11.7. The third-order valence-electron chi connectivity index (χ3n) is 8.36. The molecular weight excluding hydrogens is 424 g/mol. The number of carbonyl (C=O) groups excluding carboxylic acids is 2. The Morgan fingerprint density at radius 2 is 1.53 bits per heavy atom. The Morgan fingerprint density at radius 1 is 0.969 bits per heavy atom. The van der Waals surface area contributed by atoms with Gasteiger partial charge in [0.15, 0.2) is 9.84 Å². The molecule has 2 N–H and O–H groups in total. The molecule has 0 heterocycles. The lowest BCUT2D eigenvalue weighted by Crippen LogP contribution is -2.52. The Kier molecular flexibility index (Phi) is 6.81. The van der Waals surface area contributed by atoms with E-state index in [4.69, 9.17) is 0 Å². The van der Waals surface area contributed by atoms with Gasteiger partial charge in [0.2, 0.25) is 0 Å². The zero-order chi connectivity index (χ0) is 23.9. The molecule has 0 radical (unpaired) electrons. The molecule has 0 aromatic heterocycles. The molecular formula is C25H38N2O4S. The molecule has 0 bridgehead atoms. The topological polar surface area (TPSA) is 92.3 Å². The van der Waals surface area contributed by atoms with Crippen molar-refractivity contribution in [1.29, 1.82) is 0 Å². The maximum Gasteiger partial charge on any atom is 0.251 e. The van der Waals surface area contributed by atoms with E-state index < -0.39 is 21.7 Å². The van der Waals surface area contributed by atoms with Crippen LogP contribution in [0.3, 0.4) is 0 Å². The normalized spacial score (nSPS) is 29.6. The lowest BCUT2D eigenvalue weighted by atomic mass is 9.47.